The van der Waals surface area contributed by atoms with Crippen LogP contribution in [0, 0.1) is 5.82 Å². The third-order valence-electron chi connectivity index (χ3n) is 4.46. The molecule has 32 heavy (non-hydrogen) atoms. The lowest BCUT2D eigenvalue weighted by molar-refractivity contribution is 0.314. The van der Waals surface area contributed by atoms with Gasteiger partial charge >= 0.3 is 6.01 Å². The number of aromatic nitrogens is 5. The second-order valence-electron chi connectivity index (χ2n) is 7.18. The lowest BCUT2D eigenvalue weighted by Gasteiger charge is -2.10. The van der Waals surface area contributed by atoms with Gasteiger partial charge in [-0.05, 0) is 30.7 Å². The molecule has 1 aromatic carbocycles. The summed E-state index contributed by atoms with van der Waals surface area (Å²) in [6.07, 6.45) is 4.36. The van der Waals surface area contributed by atoms with Gasteiger partial charge in [0.2, 0.25) is 0 Å². The Morgan fingerprint density at radius 3 is 2.62 bits per heavy atom. The first-order valence-electron chi connectivity index (χ1n) is 9.91. The van der Waals surface area contributed by atoms with E-state index < -0.39 is 5.82 Å². The van der Waals surface area contributed by atoms with E-state index >= 15 is 0 Å². The Kier molecular flexibility index (Phi) is 6.40. The highest BCUT2D eigenvalue weighted by Crippen LogP contribution is 2.31. The maximum Gasteiger partial charge on any atom is 0.320 e. The molecule has 164 valence electrons. The molecule has 3 aromatic heterocycles. The van der Waals surface area contributed by atoms with Crippen LogP contribution in [0.5, 0.6) is 6.01 Å². The molecular weight excluding hydrogens is 477 g/mol. The van der Waals surface area contributed by atoms with E-state index in [4.69, 9.17) is 9.72 Å². The molecule has 3 heterocycles. The molecule has 0 fully saturated rings. The first kappa shape index (κ1) is 21.8. The predicted molar refractivity (Wildman–Crippen MR) is 125 cm³/mol. The van der Waals surface area contributed by atoms with Crippen LogP contribution in [-0.4, -0.2) is 56.4 Å². The highest BCUT2D eigenvalue weighted by molar-refractivity contribution is 9.10. The van der Waals surface area contributed by atoms with Crippen LogP contribution < -0.4 is 4.74 Å². The standard InChI is InChI=1S/C22H21BrFN7O/c1-4-32-22-28-19(26-13-30(2)3)18-21(29-22)31(12-14-5-7-16(23)8-6-14)20(27-18)15-9-17(24)11-25-10-15/h5-11,13H,4,12H2,1-3H3/b26-13-. The minimum atomic E-state index is -0.448. The van der Waals surface area contributed by atoms with Gasteiger partial charge in [0, 0.05) is 30.3 Å². The second-order valence-corrected chi connectivity index (χ2v) is 8.10. The highest BCUT2D eigenvalue weighted by atomic mass is 79.9. The molecule has 0 aliphatic carbocycles. The van der Waals surface area contributed by atoms with Crippen molar-refractivity contribution in [1.82, 2.24) is 29.4 Å². The largest absolute Gasteiger partial charge is 0.464 e. The zero-order valence-corrected chi connectivity index (χ0v) is 19.4. The normalized spacial score (nSPS) is 11.4. The first-order valence-corrected chi connectivity index (χ1v) is 10.7. The van der Waals surface area contributed by atoms with Gasteiger partial charge in [-0.25, -0.2) is 14.4 Å². The van der Waals surface area contributed by atoms with Gasteiger partial charge in [0.05, 0.1) is 25.7 Å². The Morgan fingerprint density at radius 2 is 1.94 bits per heavy atom. The summed E-state index contributed by atoms with van der Waals surface area (Å²) in [6, 6.07) is 9.52. The molecule has 0 unspecified atom stereocenters. The van der Waals surface area contributed by atoms with Crippen LogP contribution in [-0.2, 0) is 6.54 Å². The summed E-state index contributed by atoms with van der Waals surface area (Å²) in [6.45, 7) is 2.72. The summed E-state index contributed by atoms with van der Waals surface area (Å²) in [7, 11) is 3.72. The third kappa shape index (κ3) is 4.75. The molecule has 0 N–H and O–H groups in total. The van der Waals surface area contributed by atoms with Gasteiger partial charge in [0.25, 0.3) is 0 Å². The van der Waals surface area contributed by atoms with Gasteiger partial charge in [-0.3, -0.25) is 4.98 Å². The van der Waals surface area contributed by atoms with Crippen molar-refractivity contribution in [3.63, 3.8) is 0 Å². The van der Waals surface area contributed by atoms with Crippen LogP contribution in [0.4, 0.5) is 10.2 Å². The molecule has 0 radical (unpaired) electrons. The summed E-state index contributed by atoms with van der Waals surface area (Å²) in [5.74, 6) is 0.433. The summed E-state index contributed by atoms with van der Waals surface area (Å²) in [5, 5.41) is 0. The molecule has 0 saturated carbocycles. The molecule has 4 aromatic rings. The number of hydrogen-bond donors (Lipinski definition) is 0. The third-order valence-corrected chi connectivity index (χ3v) is 4.99. The molecule has 10 heteroatoms. The van der Waals surface area contributed by atoms with E-state index in [0.29, 0.717) is 41.5 Å². The van der Waals surface area contributed by atoms with Gasteiger partial charge in [-0.1, -0.05) is 28.1 Å². The fourth-order valence-electron chi connectivity index (χ4n) is 3.10. The molecule has 0 amide bonds. The van der Waals surface area contributed by atoms with Crippen molar-refractivity contribution in [2.75, 3.05) is 20.7 Å². The summed E-state index contributed by atoms with van der Waals surface area (Å²) in [5.41, 5.74) is 2.58. The number of halogens is 2. The van der Waals surface area contributed by atoms with Crippen LogP contribution in [0.15, 0.2) is 52.2 Å². The summed E-state index contributed by atoms with van der Waals surface area (Å²) < 4.78 is 22.4. The Balaban J connectivity index is 1.97. The smallest absolute Gasteiger partial charge is 0.320 e. The lowest BCUT2D eigenvalue weighted by atomic mass is 10.2. The number of fused-ring (bicyclic) bond motifs is 1. The van der Waals surface area contributed by atoms with Gasteiger partial charge in [0.15, 0.2) is 17.0 Å². The quantitative estimate of drug-likeness (QED) is 0.277. The van der Waals surface area contributed by atoms with Crippen molar-refractivity contribution in [2.24, 2.45) is 4.99 Å². The average molecular weight is 498 g/mol. The Bertz CT molecular complexity index is 1270. The van der Waals surface area contributed by atoms with Crippen molar-refractivity contribution < 1.29 is 9.13 Å². The number of imidazole rings is 1. The second kappa shape index (κ2) is 9.39. The van der Waals surface area contributed by atoms with E-state index in [1.807, 2.05) is 49.9 Å². The molecule has 0 atom stereocenters. The minimum absolute atomic E-state index is 0.201. The van der Waals surface area contributed by atoms with Crippen LogP contribution in [0.25, 0.3) is 22.6 Å². The number of benzene rings is 1. The fourth-order valence-corrected chi connectivity index (χ4v) is 3.36. The van der Waals surface area contributed by atoms with E-state index in [9.17, 15) is 4.39 Å². The number of nitrogens with zero attached hydrogens (tertiary/aromatic N) is 7. The van der Waals surface area contributed by atoms with E-state index in [0.717, 1.165) is 16.2 Å². The van der Waals surface area contributed by atoms with Crippen molar-refractivity contribution in [3.05, 3.63) is 58.6 Å². The van der Waals surface area contributed by atoms with Crippen molar-refractivity contribution in [2.45, 2.75) is 13.5 Å². The molecule has 8 nitrogen and oxygen atoms in total. The van der Waals surface area contributed by atoms with Gasteiger partial charge in [-0.2, -0.15) is 9.97 Å². The monoisotopic (exact) mass is 497 g/mol. The Hall–Kier alpha value is -3.40. The van der Waals surface area contributed by atoms with E-state index in [-0.39, 0.29) is 6.01 Å². The SMILES string of the molecule is CCOc1nc(/N=C\N(C)C)c2nc(-c3cncc(F)c3)n(Cc3ccc(Br)cc3)c2n1. The molecule has 0 spiro atoms. The number of hydrogen-bond acceptors (Lipinski definition) is 6. The van der Waals surface area contributed by atoms with E-state index in [1.165, 1.54) is 6.07 Å². The first-order chi connectivity index (χ1) is 15.4. The minimum Gasteiger partial charge on any atom is -0.464 e. The lowest BCUT2D eigenvalue weighted by Crippen LogP contribution is -2.07. The molecular formula is C22H21BrFN7O. The van der Waals surface area contributed by atoms with Gasteiger partial charge < -0.3 is 14.2 Å². The van der Waals surface area contributed by atoms with Gasteiger partial charge in [-0.15, -0.1) is 0 Å². The van der Waals surface area contributed by atoms with Crippen molar-refractivity contribution >= 4 is 39.3 Å². The maximum atomic E-state index is 14.0. The topological polar surface area (TPSA) is 81.3 Å². The highest BCUT2D eigenvalue weighted by Gasteiger charge is 2.20. The van der Waals surface area contributed by atoms with E-state index in [2.05, 4.69) is 35.9 Å². The van der Waals surface area contributed by atoms with Crippen LogP contribution in [0.3, 0.4) is 0 Å². The molecule has 0 bridgehead atoms. The van der Waals surface area contributed by atoms with E-state index in [1.54, 1.807) is 17.4 Å². The molecule has 4 rings (SSSR count). The maximum absolute atomic E-state index is 14.0. The summed E-state index contributed by atoms with van der Waals surface area (Å²) >= 11 is 3.46. The Morgan fingerprint density at radius 1 is 1.16 bits per heavy atom. The Labute approximate surface area is 193 Å². The molecule has 0 aliphatic rings. The zero-order valence-electron chi connectivity index (χ0n) is 17.8. The predicted octanol–water partition coefficient (Wildman–Crippen LogP) is 4.46. The summed E-state index contributed by atoms with van der Waals surface area (Å²) in [4.78, 5) is 24.0. The number of pyridine rings is 1. The number of rotatable bonds is 7. The van der Waals surface area contributed by atoms with Crippen LogP contribution >= 0.6 is 15.9 Å². The number of ether oxygens (including phenoxy) is 1. The van der Waals surface area contributed by atoms with Gasteiger partial charge in [0.1, 0.15) is 11.6 Å². The van der Waals surface area contributed by atoms with Crippen LogP contribution in [0.2, 0.25) is 0 Å². The van der Waals surface area contributed by atoms with Crippen molar-refractivity contribution in [3.8, 4) is 17.4 Å². The zero-order chi connectivity index (χ0) is 22.7. The average Bonchev–Trinajstić information content (AvgIpc) is 3.12. The number of aliphatic imine (C=N–C) groups is 1. The van der Waals surface area contributed by atoms with Crippen molar-refractivity contribution in [1.29, 1.82) is 0 Å². The molecule has 0 saturated heterocycles. The fraction of sp³-hybridized carbons (Fsp3) is 0.227. The van der Waals surface area contributed by atoms with Crippen LogP contribution in [0.1, 0.15) is 12.5 Å². The molecule has 0 aliphatic heterocycles.